The number of hydrogen-bond donors (Lipinski definition) is 2. The van der Waals surface area contributed by atoms with E-state index in [9.17, 15) is 9.18 Å². The van der Waals surface area contributed by atoms with Gasteiger partial charge < -0.3 is 10.6 Å². The number of allylic oxidation sites excluding steroid dienone is 1. The number of fused-ring (bicyclic) bond motifs is 1. The number of carbonyl (C=O) groups is 1. The molecule has 2 heterocycles. The lowest BCUT2D eigenvalue weighted by Gasteiger charge is -2.32. The Hall–Kier alpha value is -3.48. The minimum Gasteiger partial charge on any atom is -0.404 e. The lowest BCUT2D eigenvalue weighted by Crippen LogP contribution is -2.39. The van der Waals surface area contributed by atoms with E-state index in [-0.39, 0.29) is 11.5 Å². The van der Waals surface area contributed by atoms with Gasteiger partial charge in [0.25, 0.3) is 5.91 Å². The monoisotopic (exact) mass is 406 g/mol. The molecule has 4 N–H and O–H groups in total. The van der Waals surface area contributed by atoms with E-state index in [0.717, 1.165) is 41.4 Å². The summed E-state index contributed by atoms with van der Waals surface area (Å²) in [7, 11) is 0. The molecule has 1 fully saturated rings. The first kappa shape index (κ1) is 19.8. The highest BCUT2D eigenvalue weighted by atomic mass is 19.1. The van der Waals surface area contributed by atoms with E-state index in [0.29, 0.717) is 19.0 Å². The lowest BCUT2D eigenvalue weighted by molar-refractivity contribution is -0.103. The summed E-state index contributed by atoms with van der Waals surface area (Å²) in [6, 6.07) is 12.2. The fraction of sp³-hybridized carbons (Fsp3) is 0.261. The van der Waals surface area contributed by atoms with Gasteiger partial charge in [0, 0.05) is 31.2 Å². The predicted octanol–water partition coefficient (Wildman–Crippen LogP) is 1.86. The Morgan fingerprint density at radius 1 is 1.23 bits per heavy atom. The zero-order chi connectivity index (χ0) is 21.1. The van der Waals surface area contributed by atoms with Gasteiger partial charge in [-0.05, 0) is 48.6 Å². The smallest absolute Gasteiger partial charge is 0.256 e. The second kappa shape index (κ2) is 8.49. The van der Waals surface area contributed by atoms with Crippen molar-refractivity contribution in [1.29, 1.82) is 0 Å². The Morgan fingerprint density at radius 2 is 2.00 bits per heavy atom. The molecule has 1 aliphatic rings. The first-order valence-electron chi connectivity index (χ1n) is 10.1. The van der Waals surface area contributed by atoms with Crippen molar-refractivity contribution >= 4 is 28.6 Å². The van der Waals surface area contributed by atoms with Gasteiger partial charge >= 0.3 is 0 Å². The molecular formula is C23H25FN5O+. The zero-order valence-corrected chi connectivity index (χ0v) is 16.7. The normalized spacial score (nSPS) is 15.5. The van der Waals surface area contributed by atoms with Crippen LogP contribution in [0.1, 0.15) is 28.8 Å². The molecule has 0 bridgehead atoms. The topological polar surface area (TPSA) is 89.7 Å². The van der Waals surface area contributed by atoms with Gasteiger partial charge in [-0.15, -0.1) is 0 Å². The van der Waals surface area contributed by atoms with E-state index in [2.05, 4.69) is 5.10 Å². The van der Waals surface area contributed by atoms with Crippen molar-refractivity contribution in [2.75, 3.05) is 13.1 Å². The Bertz CT molecular complexity index is 1110. The van der Waals surface area contributed by atoms with E-state index < -0.39 is 5.82 Å². The summed E-state index contributed by atoms with van der Waals surface area (Å²) in [6.45, 7) is 2.03. The molecule has 6 nitrogen and oxygen atoms in total. The van der Waals surface area contributed by atoms with Crippen LogP contribution in [-0.2, 0) is 6.54 Å². The van der Waals surface area contributed by atoms with Crippen LogP contribution >= 0.6 is 0 Å². The van der Waals surface area contributed by atoms with Crippen LogP contribution < -0.4 is 11.1 Å². The summed E-state index contributed by atoms with van der Waals surface area (Å²) in [5.41, 5.74) is 8.55. The molecular weight excluding hydrogens is 381 g/mol. The van der Waals surface area contributed by atoms with Gasteiger partial charge in [0.15, 0.2) is 6.21 Å². The van der Waals surface area contributed by atoms with E-state index in [1.807, 2.05) is 29.1 Å². The van der Waals surface area contributed by atoms with E-state index in [1.165, 1.54) is 18.5 Å². The molecule has 0 unspecified atom stereocenters. The molecule has 1 saturated heterocycles. The van der Waals surface area contributed by atoms with Crippen molar-refractivity contribution in [2.24, 2.45) is 11.7 Å². The van der Waals surface area contributed by atoms with Gasteiger partial charge in [0.1, 0.15) is 5.82 Å². The lowest BCUT2D eigenvalue weighted by atomic mass is 9.96. The van der Waals surface area contributed by atoms with Crippen molar-refractivity contribution < 1.29 is 14.6 Å². The Balaban J connectivity index is 1.42. The van der Waals surface area contributed by atoms with Gasteiger partial charge in [-0.1, -0.05) is 18.2 Å². The van der Waals surface area contributed by atoms with Gasteiger partial charge in [-0.3, -0.25) is 14.9 Å². The van der Waals surface area contributed by atoms with Crippen LogP contribution in [0.3, 0.4) is 0 Å². The highest BCUT2D eigenvalue weighted by molar-refractivity contribution is 6.07. The number of nitrogens with zero attached hydrogens (tertiary/aromatic N) is 3. The summed E-state index contributed by atoms with van der Waals surface area (Å²) in [4.78, 5) is 14.3. The van der Waals surface area contributed by atoms with Crippen molar-refractivity contribution in [1.82, 2.24) is 14.7 Å². The predicted molar refractivity (Wildman–Crippen MR) is 115 cm³/mol. The number of likely N-dealkylation sites (tertiary alicyclic amines) is 1. The Kier molecular flexibility index (Phi) is 5.61. The summed E-state index contributed by atoms with van der Waals surface area (Å²) >= 11 is 0. The molecule has 1 aromatic heterocycles. The number of hydrogen-bond acceptors (Lipinski definition) is 3. The van der Waals surface area contributed by atoms with Gasteiger partial charge in [-0.2, -0.15) is 5.10 Å². The van der Waals surface area contributed by atoms with E-state index in [1.54, 1.807) is 23.1 Å². The number of carbonyl (C=O) groups excluding carboxylic acids is 1. The summed E-state index contributed by atoms with van der Waals surface area (Å²) < 4.78 is 15.9. The molecule has 7 heteroatoms. The van der Waals surface area contributed by atoms with Gasteiger partial charge in [-0.25, -0.2) is 4.39 Å². The molecule has 3 aromatic rings. The second-order valence-corrected chi connectivity index (χ2v) is 7.60. The van der Waals surface area contributed by atoms with Crippen LogP contribution in [-0.4, -0.2) is 39.9 Å². The van der Waals surface area contributed by atoms with Gasteiger partial charge in [0.2, 0.25) is 0 Å². The number of piperidine rings is 1. The molecule has 4 rings (SSSR count). The maximum absolute atomic E-state index is 13.9. The van der Waals surface area contributed by atoms with Crippen molar-refractivity contribution in [2.45, 2.75) is 19.4 Å². The minimum atomic E-state index is -0.466. The molecule has 1 aliphatic heterocycles. The fourth-order valence-corrected chi connectivity index (χ4v) is 4.03. The standard InChI is InChI=1S/C23H24FN5O/c24-21-4-2-1-3-20(21)23(30)28-9-7-16(8-10-28)15-29-22-6-5-17(19(12-25)13-26)11-18(22)14-27-29/h1-6,11-14,16,25H,7-10,15,26H2/p+1/b19-13+,25-12?. The minimum absolute atomic E-state index is 0.144. The van der Waals surface area contributed by atoms with Crippen molar-refractivity contribution in [3.63, 3.8) is 0 Å². The molecule has 2 aromatic carbocycles. The first-order chi connectivity index (χ1) is 14.6. The third kappa shape index (κ3) is 3.83. The van der Waals surface area contributed by atoms with E-state index >= 15 is 0 Å². The van der Waals surface area contributed by atoms with Gasteiger partial charge in [0.05, 0.1) is 22.9 Å². The number of nitrogens with two attached hydrogens (primary N) is 2. The number of amides is 1. The number of aromatic nitrogens is 2. The molecule has 0 radical (unpaired) electrons. The molecule has 154 valence electrons. The Labute approximate surface area is 174 Å². The van der Waals surface area contributed by atoms with Crippen LogP contribution in [0.2, 0.25) is 0 Å². The molecule has 0 aliphatic carbocycles. The van der Waals surface area contributed by atoms with Crippen molar-refractivity contribution in [3.8, 4) is 0 Å². The third-order valence-electron chi connectivity index (χ3n) is 5.77. The molecule has 30 heavy (non-hydrogen) atoms. The van der Waals surface area contributed by atoms with Crippen LogP contribution in [0.25, 0.3) is 16.5 Å². The summed E-state index contributed by atoms with van der Waals surface area (Å²) in [5, 5.41) is 11.2. The average molecular weight is 406 g/mol. The van der Waals surface area contributed by atoms with Crippen molar-refractivity contribution in [3.05, 3.63) is 71.8 Å². The quantitative estimate of drug-likeness (QED) is 0.634. The first-order valence-corrected chi connectivity index (χ1v) is 10.1. The largest absolute Gasteiger partial charge is 0.404 e. The van der Waals surface area contributed by atoms with Crippen LogP contribution in [0.15, 0.2) is 54.9 Å². The third-order valence-corrected chi connectivity index (χ3v) is 5.77. The molecule has 0 spiro atoms. The molecule has 0 atom stereocenters. The number of halogens is 1. The average Bonchev–Trinajstić information content (AvgIpc) is 3.17. The summed E-state index contributed by atoms with van der Waals surface area (Å²) in [5.74, 6) is -0.287. The fourth-order valence-electron chi connectivity index (χ4n) is 4.03. The van der Waals surface area contributed by atoms with E-state index in [4.69, 9.17) is 11.1 Å². The Morgan fingerprint density at radius 3 is 2.70 bits per heavy atom. The van der Waals surface area contributed by atoms with Crippen LogP contribution in [0.5, 0.6) is 0 Å². The molecule has 1 amide bonds. The van der Waals surface area contributed by atoms with Crippen LogP contribution in [0.4, 0.5) is 4.39 Å². The molecule has 0 saturated carbocycles. The highest BCUT2D eigenvalue weighted by Gasteiger charge is 2.25. The SMILES string of the molecule is N/C=C(\C=[NH2+])c1ccc2c(cnn2CC2CCN(C(=O)c3ccccc3F)CC2)c1. The summed E-state index contributed by atoms with van der Waals surface area (Å²) in [6.07, 6.45) is 6.55. The second-order valence-electron chi connectivity index (χ2n) is 7.60. The highest BCUT2D eigenvalue weighted by Crippen LogP contribution is 2.25. The van der Waals surface area contributed by atoms with Crippen LogP contribution in [0, 0.1) is 11.7 Å². The maximum atomic E-state index is 13.9. The number of rotatable bonds is 5. The maximum Gasteiger partial charge on any atom is 0.256 e. The number of benzene rings is 2. The zero-order valence-electron chi connectivity index (χ0n) is 16.7.